The van der Waals surface area contributed by atoms with E-state index in [4.69, 9.17) is 27.7 Å². The number of nitrogens with zero attached hydrogens (tertiary/aromatic N) is 3. The Morgan fingerprint density at radius 1 is 0.778 bits per heavy atom. The number of benzene rings is 2. The molecule has 0 fully saturated rings. The second-order valence-corrected chi connectivity index (χ2v) is 7.58. The van der Waals surface area contributed by atoms with Crippen LogP contribution in [0.3, 0.4) is 0 Å². The maximum atomic E-state index is 6.20. The summed E-state index contributed by atoms with van der Waals surface area (Å²) in [7, 11) is 4.01. The highest BCUT2D eigenvalue weighted by Crippen LogP contribution is 2.36. The lowest BCUT2D eigenvalue weighted by molar-refractivity contribution is 0.435. The summed E-state index contributed by atoms with van der Waals surface area (Å²) in [5, 5.41) is 7.79. The quantitative estimate of drug-likeness (QED) is 0.351. The molecular weight excluding hydrogens is 381 g/mol. The summed E-state index contributed by atoms with van der Waals surface area (Å²) in [6.45, 7) is 0. The topological polar surface area (TPSA) is 35.9 Å². The molecule has 0 saturated carbocycles. The Labute approximate surface area is 165 Å². The summed E-state index contributed by atoms with van der Waals surface area (Å²) in [5.74, 6) is 0.705. The van der Waals surface area contributed by atoms with Crippen LogP contribution in [0.5, 0.6) is 0 Å². The van der Waals surface area contributed by atoms with Gasteiger partial charge in [0.15, 0.2) is 5.76 Å². The number of hydrogen-bond donors (Lipinski definition) is 0. The second-order valence-electron chi connectivity index (χ2n) is 6.71. The van der Waals surface area contributed by atoms with Crippen LogP contribution in [0.4, 0.5) is 0 Å². The van der Waals surface area contributed by atoms with Gasteiger partial charge in [0, 0.05) is 75.5 Å². The summed E-state index contributed by atoms with van der Waals surface area (Å²) < 4.78 is 9.83. The van der Waals surface area contributed by atoms with E-state index in [1.165, 1.54) is 0 Å². The molecule has 134 valence electrons. The SMILES string of the molecule is Cn1cc(-c2cc(-c3cn(C)c4ccc(Cl)cc34)on2)c2cc(Cl)ccc21. The van der Waals surface area contributed by atoms with E-state index in [9.17, 15) is 0 Å². The van der Waals surface area contributed by atoms with Gasteiger partial charge in [-0.15, -0.1) is 0 Å². The maximum absolute atomic E-state index is 6.20. The van der Waals surface area contributed by atoms with Gasteiger partial charge in [0.2, 0.25) is 0 Å². The first-order valence-corrected chi connectivity index (χ1v) is 9.23. The minimum atomic E-state index is 0.693. The van der Waals surface area contributed by atoms with Crippen molar-refractivity contribution in [2.75, 3.05) is 0 Å². The van der Waals surface area contributed by atoms with Crippen LogP contribution >= 0.6 is 23.2 Å². The molecule has 5 rings (SSSR count). The molecule has 0 bridgehead atoms. The molecule has 5 aromatic rings. The molecule has 0 aliphatic carbocycles. The Morgan fingerprint density at radius 2 is 1.33 bits per heavy atom. The molecule has 0 N–H and O–H groups in total. The van der Waals surface area contributed by atoms with Crippen molar-refractivity contribution < 1.29 is 4.52 Å². The number of hydrogen-bond acceptors (Lipinski definition) is 2. The first kappa shape index (κ1) is 16.5. The molecule has 3 aromatic heterocycles. The minimum Gasteiger partial charge on any atom is -0.356 e. The summed E-state index contributed by atoms with van der Waals surface area (Å²) >= 11 is 12.4. The summed E-state index contributed by atoms with van der Waals surface area (Å²) in [5.41, 5.74) is 4.91. The number of rotatable bonds is 2. The number of aromatic nitrogens is 3. The Morgan fingerprint density at radius 3 is 1.96 bits per heavy atom. The van der Waals surface area contributed by atoms with Gasteiger partial charge in [-0.05, 0) is 36.4 Å². The van der Waals surface area contributed by atoms with Gasteiger partial charge in [-0.2, -0.15) is 0 Å². The van der Waals surface area contributed by atoms with Crippen molar-refractivity contribution >= 4 is 45.0 Å². The monoisotopic (exact) mass is 395 g/mol. The molecule has 27 heavy (non-hydrogen) atoms. The molecule has 0 aliphatic heterocycles. The van der Waals surface area contributed by atoms with Crippen molar-refractivity contribution in [3.63, 3.8) is 0 Å². The third-order valence-electron chi connectivity index (χ3n) is 4.95. The highest BCUT2D eigenvalue weighted by atomic mass is 35.5. The fourth-order valence-corrected chi connectivity index (χ4v) is 4.00. The summed E-state index contributed by atoms with van der Waals surface area (Å²) in [4.78, 5) is 0. The minimum absolute atomic E-state index is 0.693. The molecular formula is C21H15Cl2N3O. The van der Waals surface area contributed by atoms with Gasteiger partial charge in [0.1, 0.15) is 5.69 Å². The van der Waals surface area contributed by atoms with E-state index in [1.54, 1.807) is 0 Å². The third-order valence-corrected chi connectivity index (χ3v) is 5.42. The molecule has 3 heterocycles. The summed E-state index contributed by atoms with van der Waals surface area (Å²) in [6, 6.07) is 13.7. The van der Waals surface area contributed by atoms with E-state index < -0.39 is 0 Å². The molecule has 4 nitrogen and oxygen atoms in total. The normalized spacial score (nSPS) is 11.7. The molecule has 6 heteroatoms. The van der Waals surface area contributed by atoms with Crippen LogP contribution in [-0.4, -0.2) is 14.3 Å². The number of halogens is 2. The van der Waals surface area contributed by atoms with Crippen LogP contribution in [-0.2, 0) is 14.1 Å². The molecule has 2 aromatic carbocycles. The lowest BCUT2D eigenvalue weighted by Crippen LogP contribution is -1.82. The van der Waals surface area contributed by atoms with Crippen molar-refractivity contribution in [3.8, 4) is 22.6 Å². The average Bonchev–Trinajstić information content (AvgIpc) is 3.32. The van der Waals surface area contributed by atoms with E-state index in [1.807, 2.05) is 69.0 Å². The van der Waals surface area contributed by atoms with Crippen LogP contribution in [0.2, 0.25) is 10.0 Å². The first-order chi connectivity index (χ1) is 13.0. The maximum Gasteiger partial charge on any atom is 0.169 e. The van der Waals surface area contributed by atoms with Gasteiger partial charge in [0.05, 0.1) is 0 Å². The first-order valence-electron chi connectivity index (χ1n) is 8.48. The highest BCUT2D eigenvalue weighted by molar-refractivity contribution is 6.32. The van der Waals surface area contributed by atoms with Crippen LogP contribution < -0.4 is 0 Å². The van der Waals surface area contributed by atoms with Crippen LogP contribution in [0.1, 0.15) is 0 Å². The molecule has 0 unspecified atom stereocenters. The Hall–Kier alpha value is -2.69. The Bertz CT molecular complexity index is 1230. The van der Waals surface area contributed by atoms with Crippen LogP contribution in [0.25, 0.3) is 44.4 Å². The van der Waals surface area contributed by atoms with Crippen molar-refractivity contribution in [2.45, 2.75) is 0 Å². The van der Waals surface area contributed by atoms with Gasteiger partial charge >= 0.3 is 0 Å². The number of fused-ring (bicyclic) bond motifs is 2. The van der Waals surface area contributed by atoms with Crippen molar-refractivity contribution in [1.29, 1.82) is 0 Å². The smallest absolute Gasteiger partial charge is 0.169 e. The van der Waals surface area contributed by atoms with Gasteiger partial charge < -0.3 is 13.7 Å². The summed E-state index contributed by atoms with van der Waals surface area (Å²) in [6.07, 6.45) is 4.08. The van der Waals surface area contributed by atoms with E-state index >= 15 is 0 Å². The standard InChI is InChI=1S/C21H15Cl2N3O/c1-25-10-16(14-7-12(22)3-5-19(14)25)18-9-21(27-24-18)17-11-26(2)20-6-4-13(23)8-15(17)20/h3-11H,1-2H3. The van der Waals surface area contributed by atoms with Crippen molar-refractivity contribution in [3.05, 3.63) is 64.9 Å². The molecule has 0 atom stereocenters. The average molecular weight is 396 g/mol. The van der Waals surface area contributed by atoms with Gasteiger partial charge in [-0.3, -0.25) is 0 Å². The van der Waals surface area contributed by atoms with Gasteiger partial charge in [-0.25, -0.2) is 0 Å². The zero-order valence-corrected chi connectivity index (χ0v) is 16.2. The number of aryl methyl sites for hydroxylation is 2. The van der Waals surface area contributed by atoms with Gasteiger partial charge in [0.25, 0.3) is 0 Å². The zero-order valence-electron chi connectivity index (χ0n) is 14.7. The fourth-order valence-electron chi connectivity index (χ4n) is 3.66. The van der Waals surface area contributed by atoms with E-state index in [0.717, 1.165) is 38.6 Å². The highest BCUT2D eigenvalue weighted by Gasteiger charge is 2.17. The lowest BCUT2D eigenvalue weighted by Gasteiger charge is -1.96. The molecule has 0 spiro atoms. The van der Waals surface area contributed by atoms with Crippen molar-refractivity contribution in [1.82, 2.24) is 14.3 Å². The predicted molar refractivity (Wildman–Crippen MR) is 110 cm³/mol. The Kier molecular flexibility index (Phi) is 3.61. The second kappa shape index (κ2) is 5.91. The zero-order chi connectivity index (χ0) is 18.7. The van der Waals surface area contributed by atoms with E-state index in [2.05, 4.69) is 14.3 Å². The molecule has 0 saturated heterocycles. The van der Waals surface area contributed by atoms with Crippen molar-refractivity contribution in [2.24, 2.45) is 14.1 Å². The van der Waals surface area contributed by atoms with Crippen LogP contribution in [0, 0.1) is 0 Å². The third kappa shape index (κ3) is 2.56. The Balaban J connectivity index is 1.68. The largest absolute Gasteiger partial charge is 0.356 e. The predicted octanol–water partition coefficient (Wildman–Crippen LogP) is 6.30. The fraction of sp³-hybridized carbons (Fsp3) is 0.0952. The van der Waals surface area contributed by atoms with E-state index in [-0.39, 0.29) is 0 Å². The molecule has 0 radical (unpaired) electrons. The van der Waals surface area contributed by atoms with Crippen LogP contribution in [0.15, 0.2) is 59.4 Å². The molecule has 0 amide bonds. The molecule has 0 aliphatic rings. The van der Waals surface area contributed by atoms with E-state index in [0.29, 0.717) is 15.8 Å². The lowest BCUT2D eigenvalue weighted by atomic mass is 10.1. The van der Waals surface area contributed by atoms with Gasteiger partial charge in [-0.1, -0.05) is 28.4 Å².